The van der Waals surface area contributed by atoms with Gasteiger partial charge in [-0.3, -0.25) is 4.79 Å². The molecule has 0 atom stereocenters. The fraction of sp³-hybridized carbons (Fsp3) is 0.105. The molecule has 3 heteroatoms. The standard InChI is InChI=1S/C19H18N2O/c1-14-9-11-16(12-10-14)21-19(22)13-20-18-8-4-6-15-5-2-3-7-17(15)18/h2-12,20H,13H2,1H3,(H,21,22). The highest BCUT2D eigenvalue weighted by atomic mass is 16.1. The van der Waals surface area contributed by atoms with Crippen LogP contribution in [0, 0.1) is 6.92 Å². The largest absolute Gasteiger partial charge is 0.376 e. The maximum atomic E-state index is 12.0. The molecule has 0 unspecified atom stereocenters. The van der Waals surface area contributed by atoms with Gasteiger partial charge in [-0.25, -0.2) is 0 Å². The number of benzene rings is 3. The summed E-state index contributed by atoms with van der Waals surface area (Å²) < 4.78 is 0. The van der Waals surface area contributed by atoms with E-state index in [1.165, 1.54) is 5.56 Å². The molecular weight excluding hydrogens is 272 g/mol. The van der Waals surface area contributed by atoms with E-state index < -0.39 is 0 Å². The lowest BCUT2D eigenvalue weighted by Crippen LogP contribution is -2.21. The third-order valence-electron chi connectivity index (χ3n) is 3.56. The Balaban J connectivity index is 1.66. The lowest BCUT2D eigenvalue weighted by Gasteiger charge is -2.10. The van der Waals surface area contributed by atoms with E-state index in [4.69, 9.17) is 0 Å². The molecule has 0 aliphatic rings. The molecule has 0 fully saturated rings. The minimum absolute atomic E-state index is 0.0585. The van der Waals surface area contributed by atoms with Crippen LogP contribution < -0.4 is 10.6 Å². The second kappa shape index (κ2) is 6.31. The van der Waals surface area contributed by atoms with Crippen molar-refractivity contribution < 1.29 is 4.79 Å². The van der Waals surface area contributed by atoms with Gasteiger partial charge in [0.25, 0.3) is 0 Å². The lowest BCUT2D eigenvalue weighted by molar-refractivity contribution is -0.114. The third-order valence-corrected chi connectivity index (χ3v) is 3.56. The summed E-state index contributed by atoms with van der Waals surface area (Å²) in [5, 5.41) is 8.37. The van der Waals surface area contributed by atoms with Crippen molar-refractivity contribution in [2.45, 2.75) is 6.92 Å². The van der Waals surface area contributed by atoms with E-state index in [1.807, 2.05) is 55.5 Å². The zero-order valence-corrected chi connectivity index (χ0v) is 12.5. The maximum Gasteiger partial charge on any atom is 0.243 e. The van der Waals surface area contributed by atoms with Gasteiger partial charge in [-0.15, -0.1) is 0 Å². The maximum absolute atomic E-state index is 12.0. The van der Waals surface area contributed by atoms with Crippen molar-refractivity contribution in [2.24, 2.45) is 0 Å². The van der Waals surface area contributed by atoms with Gasteiger partial charge in [-0.05, 0) is 30.5 Å². The highest BCUT2D eigenvalue weighted by Crippen LogP contribution is 2.22. The fourth-order valence-electron chi connectivity index (χ4n) is 2.40. The summed E-state index contributed by atoms with van der Waals surface area (Å²) in [5.74, 6) is -0.0585. The summed E-state index contributed by atoms with van der Waals surface area (Å²) >= 11 is 0. The SMILES string of the molecule is Cc1ccc(NC(=O)CNc2cccc3ccccc23)cc1. The number of hydrogen-bond acceptors (Lipinski definition) is 2. The first-order valence-electron chi connectivity index (χ1n) is 7.30. The summed E-state index contributed by atoms with van der Waals surface area (Å²) in [4.78, 5) is 12.0. The van der Waals surface area contributed by atoms with Crippen LogP contribution in [0.3, 0.4) is 0 Å². The predicted molar refractivity (Wildman–Crippen MR) is 92.2 cm³/mol. The number of anilines is 2. The first-order chi connectivity index (χ1) is 10.7. The molecule has 0 saturated heterocycles. The topological polar surface area (TPSA) is 41.1 Å². The number of carbonyl (C=O) groups is 1. The number of aryl methyl sites for hydroxylation is 1. The van der Waals surface area contributed by atoms with E-state index in [9.17, 15) is 4.79 Å². The monoisotopic (exact) mass is 290 g/mol. The van der Waals surface area contributed by atoms with Gasteiger partial charge < -0.3 is 10.6 Å². The van der Waals surface area contributed by atoms with Gasteiger partial charge in [-0.2, -0.15) is 0 Å². The van der Waals surface area contributed by atoms with Crippen molar-refractivity contribution >= 4 is 28.1 Å². The van der Waals surface area contributed by atoms with Crippen LogP contribution in [0.15, 0.2) is 66.7 Å². The smallest absolute Gasteiger partial charge is 0.243 e. The molecule has 0 aliphatic heterocycles. The number of amides is 1. The minimum Gasteiger partial charge on any atom is -0.376 e. The van der Waals surface area contributed by atoms with E-state index in [0.717, 1.165) is 22.1 Å². The van der Waals surface area contributed by atoms with Crippen molar-refractivity contribution in [1.29, 1.82) is 0 Å². The highest BCUT2D eigenvalue weighted by Gasteiger charge is 2.04. The Hall–Kier alpha value is -2.81. The van der Waals surface area contributed by atoms with Gasteiger partial charge in [0.15, 0.2) is 0 Å². The van der Waals surface area contributed by atoms with E-state index >= 15 is 0 Å². The van der Waals surface area contributed by atoms with Crippen LogP contribution >= 0.6 is 0 Å². The molecule has 3 rings (SSSR count). The van der Waals surface area contributed by atoms with Gasteiger partial charge in [0, 0.05) is 16.8 Å². The van der Waals surface area contributed by atoms with E-state index in [1.54, 1.807) is 0 Å². The second-order valence-electron chi connectivity index (χ2n) is 5.29. The van der Waals surface area contributed by atoms with Crippen LogP contribution in [0.25, 0.3) is 10.8 Å². The number of rotatable bonds is 4. The van der Waals surface area contributed by atoms with Crippen LogP contribution in [-0.2, 0) is 4.79 Å². The molecule has 3 aromatic carbocycles. The van der Waals surface area contributed by atoms with Crippen molar-refractivity contribution in [3.63, 3.8) is 0 Å². The predicted octanol–water partition coefficient (Wildman–Crippen LogP) is 4.20. The Morgan fingerprint density at radius 1 is 0.909 bits per heavy atom. The van der Waals surface area contributed by atoms with Gasteiger partial charge in [-0.1, -0.05) is 54.1 Å². The minimum atomic E-state index is -0.0585. The van der Waals surface area contributed by atoms with Crippen LogP contribution in [0.2, 0.25) is 0 Å². The average Bonchev–Trinajstić information content (AvgIpc) is 2.55. The van der Waals surface area contributed by atoms with Gasteiger partial charge in [0.2, 0.25) is 5.91 Å². The number of fused-ring (bicyclic) bond motifs is 1. The Bertz CT molecular complexity index is 789. The van der Waals surface area contributed by atoms with Crippen LogP contribution in [0.5, 0.6) is 0 Å². The van der Waals surface area contributed by atoms with E-state index in [2.05, 4.69) is 28.8 Å². The molecule has 0 saturated carbocycles. The molecule has 3 aromatic rings. The van der Waals surface area contributed by atoms with Gasteiger partial charge in [0.05, 0.1) is 6.54 Å². The van der Waals surface area contributed by atoms with E-state index in [-0.39, 0.29) is 12.5 Å². The Kier molecular flexibility index (Phi) is 4.05. The average molecular weight is 290 g/mol. The molecular formula is C19H18N2O. The summed E-state index contributed by atoms with van der Waals surface area (Å²) in [7, 11) is 0. The number of nitrogens with one attached hydrogen (secondary N) is 2. The summed E-state index contributed by atoms with van der Waals surface area (Å²) in [6.07, 6.45) is 0. The quantitative estimate of drug-likeness (QED) is 0.756. The van der Waals surface area contributed by atoms with Crippen molar-refractivity contribution in [3.05, 3.63) is 72.3 Å². The molecule has 0 radical (unpaired) electrons. The van der Waals surface area contributed by atoms with E-state index in [0.29, 0.717) is 0 Å². The molecule has 0 bridgehead atoms. The Morgan fingerprint density at radius 2 is 1.64 bits per heavy atom. The molecule has 110 valence electrons. The molecule has 22 heavy (non-hydrogen) atoms. The molecule has 2 N–H and O–H groups in total. The zero-order chi connectivity index (χ0) is 15.4. The molecule has 0 spiro atoms. The summed E-state index contributed by atoms with van der Waals surface area (Å²) in [5.41, 5.74) is 2.96. The lowest BCUT2D eigenvalue weighted by atomic mass is 10.1. The van der Waals surface area contributed by atoms with Gasteiger partial charge >= 0.3 is 0 Å². The third kappa shape index (κ3) is 3.26. The van der Waals surface area contributed by atoms with Crippen molar-refractivity contribution in [1.82, 2.24) is 0 Å². The first kappa shape index (κ1) is 14.1. The molecule has 1 amide bonds. The zero-order valence-electron chi connectivity index (χ0n) is 12.5. The first-order valence-corrected chi connectivity index (χ1v) is 7.30. The summed E-state index contributed by atoms with van der Waals surface area (Å²) in [6.45, 7) is 2.26. The van der Waals surface area contributed by atoms with Crippen LogP contribution in [0.4, 0.5) is 11.4 Å². The van der Waals surface area contributed by atoms with Gasteiger partial charge in [0.1, 0.15) is 0 Å². The number of carbonyl (C=O) groups excluding carboxylic acids is 1. The molecule has 3 nitrogen and oxygen atoms in total. The second-order valence-corrected chi connectivity index (χ2v) is 5.29. The van der Waals surface area contributed by atoms with Crippen LogP contribution in [0.1, 0.15) is 5.56 Å². The molecule has 0 heterocycles. The molecule has 0 aromatic heterocycles. The number of hydrogen-bond donors (Lipinski definition) is 2. The fourth-order valence-corrected chi connectivity index (χ4v) is 2.40. The normalized spacial score (nSPS) is 10.4. The molecule has 0 aliphatic carbocycles. The Morgan fingerprint density at radius 3 is 2.45 bits per heavy atom. The summed E-state index contributed by atoms with van der Waals surface area (Å²) in [6, 6.07) is 21.9. The van der Waals surface area contributed by atoms with Crippen molar-refractivity contribution in [3.8, 4) is 0 Å². The van der Waals surface area contributed by atoms with Crippen LogP contribution in [-0.4, -0.2) is 12.5 Å². The highest BCUT2D eigenvalue weighted by molar-refractivity contribution is 5.97. The Labute approximate surface area is 130 Å². The van der Waals surface area contributed by atoms with Crippen molar-refractivity contribution in [2.75, 3.05) is 17.2 Å².